The van der Waals surface area contributed by atoms with Gasteiger partial charge in [0.25, 0.3) is 0 Å². The van der Waals surface area contributed by atoms with E-state index in [-0.39, 0.29) is 17.3 Å². The molecule has 2 aromatic carbocycles. The summed E-state index contributed by atoms with van der Waals surface area (Å²) in [6, 6.07) is 14.3. The number of aromatic carboxylic acids is 1. The van der Waals surface area contributed by atoms with Gasteiger partial charge in [-0.25, -0.2) is 9.59 Å². The minimum Gasteiger partial charge on any atom is -0.478 e. The third-order valence-corrected chi connectivity index (χ3v) is 5.48. The lowest BCUT2D eigenvalue weighted by Crippen LogP contribution is -2.27. The monoisotopic (exact) mass is 420 g/mol. The molecule has 162 valence electrons. The Morgan fingerprint density at radius 3 is 2.35 bits per heavy atom. The van der Waals surface area contributed by atoms with E-state index in [2.05, 4.69) is 6.92 Å². The van der Waals surface area contributed by atoms with Gasteiger partial charge in [-0.1, -0.05) is 55.8 Å². The van der Waals surface area contributed by atoms with Gasteiger partial charge in [-0.3, -0.25) is 13.9 Å². The molecule has 0 spiro atoms. The van der Waals surface area contributed by atoms with Gasteiger partial charge in [-0.05, 0) is 49.4 Å². The second-order valence-electron chi connectivity index (χ2n) is 7.93. The van der Waals surface area contributed by atoms with Crippen LogP contribution >= 0.6 is 0 Å². The third kappa shape index (κ3) is 4.53. The molecule has 0 fully saturated rings. The molecule has 0 aliphatic heterocycles. The van der Waals surface area contributed by atoms with Gasteiger partial charge in [0.2, 0.25) is 0 Å². The Hall–Kier alpha value is -3.41. The normalized spacial score (nSPS) is 11.1. The number of unbranched alkanes of at least 4 members (excludes halogenated alkanes) is 1. The number of nitrogens with zero attached hydrogens (tertiary/aromatic N) is 2. The summed E-state index contributed by atoms with van der Waals surface area (Å²) in [5.74, 6) is -0.969. The lowest BCUT2D eigenvalue weighted by atomic mass is 9.99. The van der Waals surface area contributed by atoms with Crippen molar-refractivity contribution in [2.45, 2.75) is 52.6 Å². The molecule has 6 nitrogen and oxygen atoms in total. The van der Waals surface area contributed by atoms with Crippen molar-refractivity contribution in [1.29, 1.82) is 0 Å². The summed E-state index contributed by atoms with van der Waals surface area (Å²) in [6.07, 6.45) is 3.32. The summed E-state index contributed by atoms with van der Waals surface area (Å²) >= 11 is 0. The van der Waals surface area contributed by atoms with Crippen LogP contribution in [0, 0.1) is 0 Å². The molecule has 0 saturated carbocycles. The zero-order valence-electron chi connectivity index (χ0n) is 18.2. The van der Waals surface area contributed by atoms with Gasteiger partial charge in [0.1, 0.15) is 5.69 Å². The topological polar surface area (TPSA) is 81.3 Å². The number of carbonyl (C=O) groups is 2. The molecular formula is C25H28N2O4. The predicted octanol–water partition coefficient (Wildman–Crippen LogP) is 4.80. The first-order valence-corrected chi connectivity index (χ1v) is 10.6. The highest BCUT2D eigenvalue weighted by atomic mass is 16.4. The van der Waals surface area contributed by atoms with E-state index in [4.69, 9.17) is 0 Å². The summed E-state index contributed by atoms with van der Waals surface area (Å²) in [6.45, 7) is 6.24. The molecule has 6 heteroatoms. The zero-order chi connectivity index (χ0) is 22.5. The molecule has 0 atom stereocenters. The second kappa shape index (κ2) is 9.60. The third-order valence-electron chi connectivity index (χ3n) is 5.48. The molecule has 0 bridgehead atoms. The fraction of sp³-hybridized carbons (Fsp3) is 0.320. The van der Waals surface area contributed by atoms with E-state index in [0.717, 1.165) is 35.9 Å². The van der Waals surface area contributed by atoms with Crippen molar-refractivity contribution < 1.29 is 14.7 Å². The zero-order valence-corrected chi connectivity index (χ0v) is 18.2. The van der Waals surface area contributed by atoms with Crippen LogP contribution < -0.4 is 5.69 Å². The second-order valence-corrected chi connectivity index (χ2v) is 7.93. The number of aromatic nitrogens is 2. The Morgan fingerprint density at radius 2 is 1.77 bits per heavy atom. The first-order chi connectivity index (χ1) is 14.9. The molecule has 0 unspecified atom stereocenters. The molecule has 0 aliphatic carbocycles. The summed E-state index contributed by atoms with van der Waals surface area (Å²) in [5, 5.41) is 9.44. The number of aldehydes is 1. The lowest BCUT2D eigenvalue weighted by molar-refractivity contribution is 0.0697. The van der Waals surface area contributed by atoms with Crippen molar-refractivity contribution >= 4 is 12.3 Å². The van der Waals surface area contributed by atoms with Crippen molar-refractivity contribution in [2.75, 3.05) is 0 Å². The molecule has 0 radical (unpaired) electrons. The van der Waals surface area contributed by atoms with Crippen LogP contribution in [0.15, 0.2) is 53.3 Å². The van der Waals surface area contributed by atoms with Gasteiger partial charge in [0.05, 0.1) is 17.8 Å². The molecular weight excluding hydrogens is 392 g/mol. The minimum absolute atomic E-state index is 0.107. The standard InChI is InChI=1S/C25H28N2O4/c1-4-5-10-22-23(16-28)27(17(2)3)25(31)26(22)15-18-11-13-19(14-12-18)20-8-6-7-9-21(20)24(29)30/h6-9,11-14,16-17H,4-5,10,15H2,1-3H3,(H,29,30). The molecule has 1 heterocycles. The summed E-state index contributed by atoms with van der Waals surface area (Å²) < 4.78 is 3.26. The predicted molar refractivity (Wildman–Crippen MR) is 121 cm³/mol. The molecule has 3 rings (SSSR count). The van der Waals surface area contributed by atoms with E-state index >= 15 is 0 Å². The maximum Gasteiger partial charge on any atom is 0.336 e. The molecule has 0 saturated heterocycles. The van der Waals surface area contributed by atoms with E-state index in [1.165, 1.54) is 0 Å². The van der Waals surface area contributed by atoms with Gasteiger partial charge in [0, 0.05) is 6.04 Å². The lowest BCUT2D eigenvalue weighted by Gasteiger charge is -2.10. The Labute approximate surface area is 181 Å². The highest BCUT2D eigenvalue weighted by Crippen LogP contribution is 2.25. The van der Waals surface area contributed by atoms with Crippen LogP contribution in [0.3, 0.4) is 0 Å². The molecule has 1 aromatic heterocycles. The van der Waals surface area contributed by atoms with Gasteiger partial charge >= 0.3 is 11.7 Å². The van der Waals surface area contributed by atoms with Crippen LogP contribution in [0.1, 0.15) is 71.8 Å². The van der Waals surface area contributed by atoms with E-state index in [1.54, 1.807) is 27.3 Å². The highest BCUT2D eigenvalue weighted by Gasteiger charge is 2.21. The highest BCUT2D eigenvalue weighted by molar-refractivity contribution is 5.96. The fourth-order valence-electron chi connectivity index (χ4n) is 3.91. The average molecular weight is 421 g/mol. The number of rotatable bonds is 9. The minimum atomic E-state index is -0.969. The largest absolute Gasteiger partial charge is 0.478 e. The number of hydrogen-bond acceptors (Lipinski definition) is 3. The van der Waals surface area contributed by atoms with E-state index in [9.17, 15) is 19.5 Å². The number of benzene rings is 2. The Morgan fingerprint density at radius 1 is 1.10 bits per heavy atom. The maximum absolute atomic E-state index is 13.1. The van der Waals surface area contributed by atoms with Crippen molar-refractivity contribution in [3.05, 3.63) is 81.5 Å². The van der Waals surface area contributed by atoms with Gasteiger partial charge < -0.3 is 5.11 Å². The van der Waals surface area contributed by atoms with Crippen molar-refractivity contribution in [3.63, 3.8) is 0 Å². The summed E-state index contributed by atoms with van der Waals surface area (Å²) in [5.41, 5.74) is 3.66. The SMILES string of the molecule is CCCCc1c(C=O)n(C(C)C)c(=O)n1Cc1ccc(-c2ccccc2C(=O)O)cc1. The quantitative estimate of drug-likeness (QED) is 0.504. The number of carboxylic acids is 1. The number of imidazole rings is 1. The summed E-state index contributed by atoms with van der Waals surface area (Å²) in [4.78, 5) is 36.4. The van der Waals surface area contributed by atoms with Gasteiger partial charge in [0.15, 0.2) is 6.29 Å². The Kier molecular flexibility index (Phi) is 6.90. The van der Waals surface area contributed by atoms with Gasteiger partial charge in [-0.2, -0.15) is 0 Å². The van der Waals surface area contributed by atoms with Crippen LogP contribution in [-0.2, 0) is 13.0 Å². The van der Waals surface area contributed by atoms with Crippen molar-refractivity contribution in [2.24, 2.45) is 0 Å². The smallest absolute Gasteiger partial charge is 0.336 e. The van der Waals surface area contributed by atoms with E-state index in [0.29, 0.717) is 24.2 Å². The first kappa shape index (κ1) is 22.3. The van der Waals surface area contributed by atoms with Crippen LogP contribution in [0.5, 0.6) is 0 Å². The number of carboxylic acid groups (broad SMARTS) is 1. The fourth-order valence-corrected chi connectivity index (χ4v) is 3.91. The molecule has 3 aromatic rings. The Balaban J connectivity index is 1.99. The Bertz CT molecular complexity index is 1140. The summed E-state index contributed by atoms with van der Waals surface area (Å²) in [7, 11) is 0. The molecule has 0 amide bonds. The first-order valence-electron chi connectivity index (χ1n) is 10.6. The van der Waals surface area contributed by atoms with Crippen LogP contribution in [0.25, 0.3) is 11.1 Å². The number of carbonyl (C=O) groups excluding carboxylic acids is 1. The average Bonchev–Trinajstić information content (AvgIpc) is 3.03. The van der Waals surface area contributed by atoms with Gasteiger partial charge in [-0.15, -0.1) is 0 Å². The van der Waals surface area contributed by atoms with Crippen molar-refractivity contribution in [3.8, 4) is 11.1 Å². The number of hydrogen-bond donors (Lipinski definition) is 1. The molecule has 31 heavy (non-hydrogen) atoms. The van der Waals surface area contributed by atoms with Crippen LogP contribution in [-0.4, -0.2) is 26.5 Å². The van der Waals surface area contributed by atoms with E-state index < -0.39 is 5.97 Å². The van der Waals surface area contributed by atoms with Crippen LogP contribution in [0.4, 0.5) is 0 Å². The van der Waals surface area contributed by atoms with Crippen LogP contribution in [0.2, 0.25) is 0 Å². The van der Waals surface area contributed by atoms with Crippen molar-refractivity contribution in [1.82, 2.24) is 9.13 Å². The van der Waals surface area contributed by atoms with E-state index in [1.807, 2.05) is 44.2 Å². The molecule has 0 aliphatic rings. The maximum atomic E-state index is 13.1. The molecule has 1 N–H and O–H groups in total.